The Bertz CT molecular complexity index is 1080. The van der Waals surface area contributed by atoms with Crippen molar-refractivity contribution in [1.29, 1.82) is 0 Å². The Balaban J connectivity index is 1.59. The van der Waals surface area contributed by atoms with Crippen LogP contribution in [0, 0.1) is 0 Å². The van der Waals surface area contributed by atoms with E-state index in [-0.39, 0.29) is 11.9 Å². The molecule has 0 aromatic heterocycles. The van der Waals surface area contributed by atoms with E-state index in [2.05, 4.69) is 42.3 Å². The molecule has 0 bridgehead atoms. The molecule has 1 fully saturated rings. The van der Waals surface area contributed by atoms with Crippen LogP contribution in [0.25, 0.3) is 0 Å². The number of allylic oxidation sites excluding steroid dienone is 1. The lowest BCUT2D eigenvalue weighted by atomic mass is 10.1. The monoisotopic (exact) mass is 439 g/mol. The Morgan fingerprint density at radius 1 is 0.879 bits per heavy atom. The van der Waals surface area contributed by atoms with Crippen molar-refractivity contribution < 1.29 is 19.1 Å². The number of esters is 1. The van der Waals surface area contributed by atoms with Crippen LogP contribution in [-0.2, 0) is 27.3 Å². The number of anilines is 2. The lowest BCUT2D eigenvalue weighted by molar-refractivity contribution is -0.129. The standard InChI is InChI=1S/C28H25NO4/c1-3-25(30)17-20-7-11-23(12-8-20)29(18-21-5-9-22(10-6-21)27-19-32-27)24-13-15-26(16-14-24)33-28(31)4-2/h3-16,27H,1-2,17-19H2. The van der Waals surface area contributed by atoms with Gasteiger partial charge in [-0.15, -0.1) is 0 Å². The van der Waals surface area contributed by atoms with E-state index in [1.54, 1.807) is 12.1 Å². The van der Waals surface area contributed by atoms with Crippen molar-refractivity contribution in [1.82, 2.24) is 0 Å². The third kappa shape index (κ3) is 5.84. The first-order valence-corrected chi connectivity index (χ1v) is 10.7. The van der Waals surface area contributed by atoms with Gasteiger partial charge in [0.1, 0.15) is 11.9 Å². The molecule has 0 N–H and O–H groups in total. The fourth-order valence-electron chi connectivity index (χ4n) is 3.51. The molecule has 1 heterocycles. The molecule has 0 spiro atoms. The smallest absolute Gasteiger partial charge is 0.335 e. The summed E-state index contributed by atoms with van der Waals surface area (Å²) >= 11 is 0. The largest absolute Gasteiger partial charge is 0.423 e. The SMILES string of the molecule is C=CC(=O)Cc1ccc(N(Cc2ccc(C3CO3)cc2)c2ccc(OC(=O)C=C)cc2)cc1. The highest BCUT2D eigenvalue weighted by Crippen LogP contribution is 2.32. The van der Waals surface area contributed by atoms with Crippen LogP contribution in [0.3, 0.4) is 0 Å². The van der Waals surface area contributed by atoms with E-state index in [0.29, 0.717) is 18.7 Å². The van der Waals surface area contributed by atoms with Crippen LogP contribution in [0.15, 0.2) is 98.1 Å². The molecule has 33 heavy (non-hydrogen) atoms. The Hall–Kier alpha value is -3.96. The molecule has 1 atom stereocenters. The van der Waals surface area contributed by atoms with Crippen LogP contribution in [0.5, 0.6) is 5.75 Å². The Morgan fingerprint density at radius 3 is 2.00 bits per heavy atom. The van der Waals surface area contributed by atoms with Gasteiger partial charge in [-0.3, -0.25) is 4.79 Å². The van der Waals surface area contributed by atoms with Crippen LogP contribution in [0.1, 0.15) is 22.8 Å². The highest BCUT2D eigenvalue weighted by molar-refractivity contribution is 5.90. The highest BCUT2D eigenvalue weighted by atomic mass is 16.6. The van der Waals surface area contributed by atoms with Crippen molar-refractivity contribution in [2.75, 3.05) is 11.5 Å². The minimum atomic E-state index is -0.496. The summed E-state index contributed by atoms with van der Waals surface area (Å²) in [5.74, 6) is -0.0522. The Morgan fingerprint density at radius 2 is 1.45 bits per heavy atom. The molecular formula is C28H25NO4. The van der Waals surface area contributed by atoms with Gasteiger partial charge in [-0.2, -0.15) is 0 Å². The molecular weight excluding hydrogens is 414 g/mol. The van der Waals surface area contributed by atoms with Gasteiger partial charge in [-0.05, 0) is 59.2 Å². The fourth-order valence-corrected chi connectivity index (χ4v) is 3.51. The quantitative estimate of drug-likeness (QED) is 0.181. The third-order valence-corrected chi connectivity index (χ3v) is 5.41. The second-order valence-corrected chi connectivity index (χ2v) is 7.78. The summed E-state index contributed by atoms with van der Waals surface area (Å²) in [4.78, 5) is 25.3. The zero-order valence-electron chi connectivity index (χ0n) is 18.3. The lowest BCUT2D eigenvalue weighted by Gasteiger charge is -2.26. The van der Waals surface area contributed by atoms with E-state index >= 15 is 0 Å². The molecule has 3 aromatic carbocycles. The molecule has 166 valence electrons. The molecule has 0 amide bonds. The van der Waals surface area contributed by atoms with E-state index in [4.69, 9.17) is 9.47 Å². The van der Waals surface area contributed by atoms with Crippen molar-refractivity contribution >= 4 is 23.1 Å². The molecule has 1 aliphatic rings. The maximum atomic E-state index is 11.7. The summed E-state index contributed by atoms with van der Waals surface area (Å²) in [6.07, 6.45) is 3.04. The van der Waals surface area contributed by atoms with Gasteiger partial charge in [0.25, 0.3) is 0 Å². The topological polar surface area (TPSA) is 59.1 Å². The van der Waals surface area contributed by atoms with Gasteiger partial charge in [0, 0.05) is 30.4 Å². The molecule has 0 radical (unpaired) electrons. The first kappa shape index (κ1) is 22.2. The molecule has 1 saturated heterocycles. The third-order valence-electron chi connectivity index (χ3n) is 5.41. The Kier molecular flexibility index (Phi) is 6.81. The van der Waals surface area contributed by atoms with Gasteiger partial charge in [-0.25, -0.2) is 4.79 Å². The van der Waals surface area contributed by atoms with Crippen molar-refractivity contribution in [2.24, 2.45) is 0 Å². The summed E-state index contributed by atoms with van der Waals surface area (Å²) in [7, 11) is 0. The zero-order valence-corrected chi connectivity index (χ0v) is 18.3. The second-order valence-electron chi connectivity index (χ2n) is 7.78. The van der Waals surface area contributed by atoms with Crippen molar-refractivity contribution in [3.05, 3.63) is 115 Å². The minimum absolute atomic E-state index is 0.0102. The number of epoxide rings is 1. The first-order chi connectivity index (χ1) is 16.1. The summed E-state index contributed by atoms with van der Waals surface area (Å²) in [5.41, 5.74) is 5.19. The lowest BCUT2D eigenvalue weighted by Crippen LogP contribution is -2.16. The maximum Gasteiger partial charge on any atom is 0.335 e. The van der Waals surface area contributed by atoms with Crippen LogP contribution in [0.2, 0.25) is 0 Å². The summed E-state index contributed by atoms with van der Waals surface area (Å²) in [5, 5.41) is 0. The molecule has 0 saturated carbocycles. The number of ether oxygens (including phenoxy) is 2. The van der Waals surface area contributed by atoms with E-state index in [0.717, 1.165) is 35.2 Å². The zero-order chi connectivity index (χ0) is 23.2. The fraction of sp³-hybridized carbons (Fsp3) is 0.143. The molecule has 5 heteroatoms. The molecule has 4 rings (SSSR count). The normalized spacial score (nSPS) is 14.2. The molecule has 3 aromatic rings. The number of nitrogens with zero attached hydrogens (tertiary/aromatic N) is 1. The van der Waals surface area contributed by atoms with E-state index < -0.39 is 5.97 Å². The van der Waals surface area contributed by atoms with Gasteiger partial charge in [0.05, 0.1) is 6.61 Å². The van der Waals surface area contributed by atoms with Crippen molar-refractivity contribution in [3.8, 4) is 5.75 Å². The highest BCUT2D eigenvalue weighted by Gasteiger charge is 2.24. The van der Waals surface area contributed by atoms with Crippen molar-refractivity contribution in [3.63, 3.8) is 0 Å². The van der Waals surface area contributed by atoms with E-state index in [1.165, 1.54) is 11.6 Å². The molecule has 5 nitrogen and oxygen atoms in total. The van der Waals surface area contributed by atoms with Gasteiger partial charge in [0.15, 0.2) is 5.78 Å². The maximum absolute atomic E-state index is 11.7. The predicted octanol–water partition coefficient (Wildman–Crippen LogP) is 5.49. The second kappa shape index (κ2) is 10.1. The average molecular weight is 440 g/mol. The molecule has 0 aliphatic carbocycles. The predicted molar refractivity (Wildman–Crippen MR) is 129 cm³/mol. The number of rotatable bonds is 10. The van der Waals surface area contributed by atoms with Gasteiger partial charge in [-0.1, -0.05) is 49.6 Å². The number of ketones is 1. The van der Waals surface area contributed by atoms with E-state index in [1.807, 2.05) is 36.4 Å². The summed E-state index contributed by atoms with van der Waals surface area (Å²) in [6, 6.07) is 23.7. The van der Waals surface area contributed by atoms with Crippen molar-refractivity contribution in [2.45, 2.75) is 19.1 Å². The van der Waals surface area contributed by atoms with Crippen LogP contribution in [-0.4, -0.2) is 18.4 Å². The summed E-state index contributed by atoms with van der Waals surface area (Å²) < 4.78 is 10.6. The molecule has 1 aliphatic heterocycles. The molecule has 1 unspecified atom stereocenters. The number of carbonyl (C=O) groups is 2. The van der Waals surface area contributed by atoms with Gasteiger partial charge in [0.2, 0.25) is 0 Å². The number of carbonyl (C=O) groups excluding carboxylic acids is 2. The summed E-state index contributed by atoms with van der Waals surface area (Å²) in [6.45, 7) is 8.39. The van der Waals surface area contributed by atoms with Gasteiger partial charge < -0.3 is 14.4 Å². The van der Waals surface area contributed by atoms with Crippen LogP contribution >= 0.6 is 0 Å². The first-order valence-electron chi connectivity index (χ1n) is 10.7. The number of hydrogen-bond acceptors (Lipinski definition) is 5. The van der Waals surface area contributed by atoms with E-state index in [9.17, 15) is 9.59 Å². The average Bonchev–Trinajstić information content (AvgIpc) is 3.69. The Labute approximate surface area is 193 Å². The number of hydrogen-bond donors (Lipinski definition) is 0. The number of benzene rings is 3. The van der Waals surface area contributed by atoms with Crippen LogP contribution in [0.4, 0.5) is 11.4 Å². The minimum Gasteiger partial charge on any atom is -0.423 e. The van der Waals surface area contributed by atoms with Crippen LogP contribution < -0.4 is 9.64 Å². The van der Waals surface area contributed by atoms with Gasteiger partial charge >= 0.3 is 5.97 Å².